The number of benzene rings is 2. The lowest BCUT2D eigenvalue weighted by molar-refractivity contribution is 0.0715. The zero-order valence-electron chi connectivity index (χ0n) is 17.4. The molecule has 2 aliphatic rings. The standard InChI is InChI=1S/C23H29ClN2O3/c1-27-21-10-7-16(13-23(21)29-3)20-6-4-5-18-15-25(11-12-26(18)20)17-8-9-19(24)22(14-17)28-2/h7-10,13-14,18,20H,4-6,11-12,15H2,1-3H3/t18-,20+/m1/s1. The second-order valence-corrected chi connectivity index (χ2v) is 8.12. The molecule has 2 saturated heterocycles. The van der Waals surface area contributed by atoms with Crippen molar-refractivity contribution in [1.82, 2.24) is 4.90 Å². The molecule has 29 heavy (non-hydrogen) atoms. The third kappa shape index (κ3) is 3.99. The van der Waals surface area contributed by atoms with Crippen molar-refractivity contribution in [2.24, 2.45) is 0 Å². The van der Waals surface area contributed by atoms with Gasteiger partial charge in [-0.3, -0.25) is 4.90 Å². The summed E-state index contributed by atoms with van der Waals surface area (Å²) in [6.45, 7) is 3.05. The van der Waals surface area contributed by atoms with Crippen molar-refractivity contribution in [2.75, 3.05) is 45.9 Å². The van der Waals surface area contributed by atoms with E-state index in [0.717, 1.165) is 36.9 Å². The maximum Gasteiger partial charge on any atom is 0.161 e. The number of ether oxygens (including phenoxy) is 3. The Labute approximate surface area is 178 Å². The molecule has 156 valence electrons. The Balaban J connectivity index is 1.53. The highest BCUT2D eigenvalue weighted by Gasteiger charge is 2.36. The molecule has 2 aromatic rings. The number of methoxy groups -OCH3 is 3. The van der Waals surface area contributed by atoms with Crippen LogP contribution in [-0.4, -0.2) is 51.9 Å². The summed E-state index contributed by atoms with van der Waals surface area (Å²) in [6, 6.07) is 13.4. The van der Waals surface area contributed by atoms with Crippen LogP contribution in [0.3, 0.4) is 0 Å². The first-order chi connectivity index (χ1) is 14.1. The Bertz CT molecular complexity index is 860. The Morgan fingerprint density at radius 1 is 0.862 bits per heavy atom. The van der Waals surface area contributed by atoms with Crippen LogP contribution in [0, 0.1) is 0 Å². The molecule has 0 aromatic heterocycles. The number of fused-ring (bicyclic) bond motifs is 1. The molecule has 0 bridgehead atoms. The van der Waals surface area contributed by atoms with Crippen LogP contribution in [0.5, 0.6) is 17.2 Å². The third-order valence-corrected chi connectivity index (χ3v) is 6.55. The van der Waals surface area contributed by atoms with E-state index in [2.05, 4.69) is 28.0 Å². The molecule has 4 rings (SSSR count). The zero-order valence-corrected chi connectivity index (χ0v) is 18.1. The molecule has 0 unspecified atom stereocenters. The fourth-order valence-corrected chi connectivity index (χ4v) is 4.94. The van der Waals surface area contributed by atoms with Gasteiger partial charge in [-0.1, -0.05) is 17.7 Å². The topological polar surface area (TPSA) is 34.2 Å². The first kappa shape index (κ1) is 20.2. The Kier molecular flexibility index (Phi) is 6.07. The summed E-state index contributed by atoms with van der Waals surface area (Å²) in [5.74, 6) is 2.32. The van der Waals surface area contributed by atoms with Crippen molar-refractivity contribution in [2.45, 2.75) is 31.3 Å². The van der Waals surface area contributed by atoms with E-state index in [1.165, 1.54) is 30.5 Å². The molecule has 0 aliphatic carbocycles. The number of anilines is 1. The molecule has 2 aliphatic heterocycles. The van der Waals surface area contributed by atoms with Gasteiger partial charge in [0.2, 0.25) is 0 Å². The van der Waals surface area contributed by atoms with Crippen molar-refractivity contribution in [3.05, 3.63) is 47.0 Å². The molecule has 2 aromatic carbocycles. The smallest absolute Gasteiger partial charge is 0.161 e. The highest BCUT2D eigenvalue weighted by Crippen LogP contribution is 2.40. The average molecular weight is 417 g/mol. The van der Waals surface area contributed by atoms with Gasteiger partial charge in [0.05, 0.1) is 26.4 Å². The van der Waals surface area contributed by atoms with Crippen molar-refractivity contribution in [3.8, 4) is 17.2 Å². The Morgan fingerprint density at radius 3 is 2.41 bits per heavy atom. The molecule has 0 spiro atoms. The van der Waals surface area contributed by atoms with Crippen LogP contribution < -0.4 is 19.1 Å². The van der Waals surface area contributed by atoms with Gasteiger partial charge in [0, 0.05) is 43.5 Å². The van der Waals surface area contributed by atoms with E-state index in [-0.39, 0.29) is 0 Å². The van der Waals surface area contributed by atoms with Gasteiger partial charge < -0.3 is 19.1 Å². The van der Waals surface area contributed by atoms with Gasteiger partial charge in [-0.05, 0) is 49.1 Å². The molecule has 0 amide bonds. The van der Waals surface area contributed by atoms with Crippen molar-refractivity contribution in [3.63, 3.8) is 0 Å². The Hall–Kier alpha value is -2.11. The van der Waals surface area contributed by atoms with Crippen molar-refractivity contribution >= 4 is 17.3 Å². The maximum absolute atomic E-state index is 6.21. The molecule has 0 radical (unpaired) electrons. The monoisotopic (exact) mass is 416 g/mol. The van der Waals surface area contributed by atoms with E-state index in [1.54, 1.807) is 21.3 Å². The molecular weight excluding hydrogens is 388 g/mol. The minimum absolute atomic E-state index is 0.426. The van der Waals surface area contributed by atoms with E-state index in [0.29, 0.717) is 17.1 Å². The lowest BCUT2D eigenvalue weighted by Crippen LogP contribution is -2.55. The Morgan fingerprint density at radius 2 is 1.66 bits per heavy atom. The van der Waals surface area contributed by atoms with Crippen LogP contribution in [0.15, 0.2) is 36.4 Å². The second kappa shape index (κ2) is 8.72. The molecular formula is C23H29ClN2O3. The molecule has 5 nitrogen and oxygen atoms in total. The lowest BCUT2D eigenvalue weighted by Gasteiger charge is -2.49. The number of rotatable bonds is 5. The second-order valence-electron chi connectivity index (χ2n) is 7.72. The third-order valence-electron chi connectivity index (χ3n) is 6.24. The number of piperidine rings is 1. The predicted molar refractivity (Wildman–Crippen MR) is 117 cm³/mol. The highest BCUT2D eigenvalue weighted by atomic mass is 35.5. The van der Waals surface area contributed by atoms with E-state index >= 15 is 0 Å². The van der Waals surface area contributed by atoms with E-state index in [1.807, 2.05) is 18.2 Å². The molecule has 0 N–H and O–H groups in total. The number of hydrogen-bond acceptors (Lipinski definition) is 5. The molecule has 6 heteroatoms. The zero-order chi connectivity index (χ0) is 20.4. The summed E-state index contributed by atoms with van der Waals surface area (Å²) in [5, 5.41) is 0.654. The van der Waals surface area contributed by atoms with E-state index in [4.69, 9.17) is 25.8 Å². The fraction of sp³-hybridized carbons (Fsp3) is 0.478. The van der Waals surface area contributed by atoms with Gasteiger partial charge in [0.25, 0.3) is 0 Å². The number of hydrogen-bond donors (Lipinski definition) is 0. The summed E-state index contributed by atoms with van der Waals surface area (Å²) < 4.78 is 16.4. The average Bonchev–Trinajstić information content (AvgIpc) is 2.78. The largest absolute Gasteiger partial charge is 0.495 e. The predicted octanol–water partition coefficient (Wildman–Crippen LogP) is 4.78. The summed E-state index contributed by atoms with van der Waals surface area (Å²) >= 11 is 6.21. The van der Waals surface area contributed by atoms with E-state index < -0.39 is 0 Å². The maximum atomic E-state index is 6.21. The molecule has 2 heterocycles. The molecule has 2 atom stereocenters. The van der Waals surface area contributed by atoms with Crippen LogP contribution in [0.25, 0.3) is 0 Å². The van der Waals surface area contributed by atoms with Crippen LogP contribution in [0.1, 0.15) is 30.9 Å². The van der Waals surface area contributed by atoms with Crippen LogP contribution in [0.2, 0.25) is 5.02 Å². The van der Waals surface area contributed by atoms with Gasteiger partial charge in [0.15, 0.2) is 11.5 Å². The highest BCUT2D eigenvalue weighted by molar-refractivity contribution is 6.32. The summed E-state index contributed by atoms with van der Waals surface area (Å²) in [5.41, 5.74) is 2.49. The van der Waals surface area contributed by atoms with Gasteiger partial charge in [-0.25, -0.2) is 0 Å². The van der Waals surface area contributed by atoms with Crippen LogP contribution in [0.4, 0.5) is 5.69 Å². The van der Waals surface area contributed by atoms with Crippen molar-refractivity contribution in [1.29, 1.82) is 0 Å². The van der Waals surface area contributed by atoms with Gasteiger partial charge in [-0.15, -0.1) is 0 Å². The minimum atomic E-state index is 0.426. The lowest BCUT2D eigenvalue weighted by atomic mass is 9.89. The SMILES string of the molecule is COc1cc(N2CCN3[C@H](CCC[C@H]3c3ccc(OC)c(OC)c3)C2)ccc1Cl. The molecule has 0 saturated carbocycles. The van der Waals surface area contributed by atoms with Gasteiger partial charge in [0.1, 0.15) is 5.75 Å². The quantitative estimate of drug-likeness (QED) is 0.700. The first-order valence-corrected chi connectivity index (χ1v) is 10.6. The van der Waals surface area contributed by atoms with E-state index in [9.17, 15) is 0 Å². The molecule has 2 fully saturated rings. The number of halogens is 1. The number of nitrogens with zero attached hydrogens (tertiary/aromatic N) is 2. The summed E-state index contributed by atoms with van der Waals surface area (Å²) in [4.78, 5) is 5.13. The summed E-state index contributed by atoms with van der Waals surface area (Å²) in [6.07, 6.45) is 3.64. The summed E-state index contributed by atoms with van der Waals surface area (Å²) in [7, 11) is 5.04. The van der Waals surface area contributed by atoms with Gasteiger partial charge in [-0.2, -0.15) is 0 Å². The van der Waals surface area contributed by atoms with Crippen molar-refractivity contribution < 1.29 is 14.2 Å². The fourth-order valence-electron chi connectivity index (χ4n) is 4.75. The normalized spacial score (nSPS) is 22.1. The minimum Gasteiger partial charge on any atom is -0.495 e. The number of piperazine rings is 1. The first-order valence-electron chi connectivity index (χ1n) is 10.2. The van der Waals surface area contributed by atoms with Crippen LogP contribution in [-0.2, 0) is 0 Å². The van der Waals surface area contributed by atoms with Crippen LogP contribution >= 0.6 is 11.6 Å². The van der Waals surface area contributed by atoms with Gasteiger partial charge >= 0.3 is 0 Å².